The monoisotopic (exact) mass is 342 g/mol. The molecule has 4 N–H and O–H groups in total. The molecule has 124 valence electrons. The molecule has 0 aliphatic rings. The summed E-state index contributed by atoms with van der Waals surface area (Å²) in [7, 11) is 1.56. The van der Waals surface area contributed by atoms with Gasteiger partial charge in [0, 0.05) is 30.6 Å². The van der Waals surface area contributed by atoms with Gasteiger partial charge in [-0.25, -0.2) is 4.79 Å². The summed E-state index contributed by atoms with van der Waals surface area (Å²) in [5, 5.41) is 11.7. The molecule has 3 rings (SSSR count). The van der Waals surface area contributed by atoms with Gasteiger partial charge < -0.3 is 15.6 Å². The SMILES string of the molecule is CNC(=O)[C@H](Cc1c[nH]c2ccccc12)NC(=O)Nc1cccs1. The van der Waals surface area contributed by atoms with Crippen LogP contribution in [0.5, 0.6) is 0 Å². The van der Waals surface area contributed by atoms with Gasteiger partial charge in [0.15, 0.2) is 0 Å². The van der Waals surface area contributed by atoms with Gasteiger partial charge in [-0.1, -0.05) is 18.2 Å². The van der Waals surface area contributed by atoms with E-state index in [4.69, 9.17) is 0 Å². The normalized spacial score (nSPS) is 11.9. The van der Waals surface area contributed by atoms with E-state index in [1.807, 2.05) is 41.9 Å². The van der Waals surface area contributed by atoms with Gasteiger partial charge in [-0.15, -0.1) is 11.3 Å². The van der Waals surface area contributed by atoms with Crippen molar-refractivity contribution in [2.75, 3.05) is 12.4 Å². The number of fused-ring (bicyclic) bond motifs is 1. The number of aromatic nitrogens is 1. The van der Waals surface area contributed by atoms with Crippen LogP contribution in [-0.2, 0) is 11.2 Å². The van der Waals surface area contributed by atoms with E-state index < -0.39 is 12.1 Å². The summed E-state index contributed by atoms with van der Waals surface area (Å²) in [6, 6.07) is 10.5. The number of anilines is 1. The van der Waals surface area contributed by atoms with Crippen LogP contribution in [0.4, 0.5) is 9.80 Å². The molecule has 2 heterocycles. The van der Waals surface area contributed by atoms with E-state index in [2.05, 4.69) is 20.9 Å². The van der Waals surface area contributed by atoms with E-state index in [9.17, 15) is 9.59 Å². The summed E-state index contributed by atoms with van der Waals surface area (Å²) in [5.41, 5.74) is 1.99. The van der Waals surface area contributed by atoms with Crippen molar-refractivity contribution in [1.29, 1.82) is 0 Å². The fourth-order valence-electron chi connectivity index (χ4n) is 2.56. The molecule has 1 aromatic carbocycles. The number of carbonyl (C=O) groups excluding carboxylic acids is 2. The smallest absolute Gasteiger partial charge is 0.320 e. The van der Waals surface area contributed by atoms with E-state index in [1.54, 1.807) is 13.1 Å². The number of rotatable bonds is 5. The molecule has 0 unspecified atom stereocenters. The predicted molar refractivity (Wildman–Crippen MR) is 96.3 cm³/mol. The molecule has 0 spiro atoms. The van der Waals surface area contributed by atoms with Gasteiger partial charge >= 0.3 is 6.03 Å². The first kappa shape index (κ1) is 16.1. The van der Waals surface area contributed by atoms with Crippen molar-refractivity contribution in [2.24, 2.45) is 0 Å². The number of para-hydroxylation sites is 1. The van der Waals surface area contributed by atoms with Crippen LogP contribution in [0.1, 0.15) is 5.56 Å². The average molecular weight is 342 g/mol. The van der Waals surface area contributed by atoms with Gasteiger partial charge in [0.05, 0.1) is 5.00 Å². The Balaban J connectivity index is 1.74. The molecule has 6 nitrogen and oxygen atoms in total. The molecule has 7 heteroatoms. The number of aromatic amines is 1. The van der Waals surface area contributed by atoms with E-state index in [0.717, 1.165) is 21.5 Å². The second-order valence-corrected chi connectivity index (χ2v) is 6.25. The number of carbonyl (C=O) groups is 2. The van der Waals surface area contributed by atoms with E-state index >= 15 is 0 Å². The van der Waals surface area contributed by atoms with Crippen LogP contribution in [0.15, 0.2) is 48.0 Å². The summed E-state index contributed by atoms with van der Waals surface area (Å²) in [6.07, 6.45) is 2.28. The summed E-state index contributed by atoms with van der Waals surface area (Å²) >= 11 is 1.42. The first-order valence-electron chi connectivity index (χ1n) is 7.55. The standard InChI is InChI=1S/C17H18N4O2S/c1-18-16(22)14(20-17(23)21-15-7-4-8-24-15)9-11-10-19-13-6-3-2-5-12(11)13/h2-8,10,14,19H,9H2,1H3,(H,18,22)(H2,20,21,23)/t14-/m0/s1. The first-order chi connectivity index (χ1) is 11.7. The second-order valence-electron chi connectivity index (χ2n) is 5.31. The molecule has 3 amide bonds. The number of hydrogen-bond acceptors (Lipinski definition) is 3. The highest BCUT2D eigenvalue weighted by atomic mass is 32.1. The molecule has 0 aliphatic heterocycles. The van der Waals surface area contributed by atoms with Gasteiger partial charge in [-0.2, -0.15) is 0 Å². The lowest BCUT2D eigenvalue weighted by Gasteiger charge is -2.17. The number of likely N-dealkylation sites (N-methyl/N-ethyl adjacent to an activating group) is 1. The third kappa shape index (κ3) is 3.57. The number of nitrogens with one attached hydrogen (secondary N) is 4. The van der Waals surface area contributed by atoms with Gasteiger partial charge in [0.1, 0.15) is 6.04 Å². The summed E-state index contributed by atoms with van der Waals surface area (Å²) < 4.78 is 0. The van der Waals surface area contributed by atoms with Crippen molar-refractivity contribution in [3.63, 3.8) is 0 Å². The zero-order valence-corrected chi connectivity index (χ0v) is 13.9. The van der Waals surface area contributed by atoms with Crippen molar-refractivity contribution >= 4 is 39.2 Å². The molecule has 1 atom stereocenters. The minimum absolute atomic E-state index is 0.235. The number of thiophene rings is 1. The first-order valence-corrected chi connectivity index (χ1v) is 8.43. The minimum Gasteiger partial charge on any atom is -0.361 e. The van der Waals surface area contributed by atoms with Crippen molar-refractivity contribution in [1.82, 2.24) is 15.6 Å². The van der Waals surface area contributed by atoms with E-state index in [1.165, 1.54) is 11.3 Å². The molecule has 0 bridgehead atoms. The third-order valence-corrected chi connectivity index (χ3v) is 4.51. The highest BCUT2D eigenvalue weighted by molar-refractivity contribution is 7.14. The maximum absolute atomic E-state index is 12.2. The maximum atomic E-state index is 12.2. The number of H-pyrrole nitrogens is 1. The zero-order valence-electron chi connectivity index (χ0n) is 13.1. The predicted octanol–water partition coefficient (Wildman–Crippen LogP) is 2.71. The Morgan fingerprint density at radius 3 is 2.79 bits per heavy atom. The lowest BCUT2D eigenvalue weighted by atomic mass is 10.0. The Morgan fingerprint density at radius 2 is 2.04 bits per heavy atom. The average Bonchev–Trinajstić information content (AvgIpc) is 3.23. The maximum Gasteiger partial charge on any atom is 0.320 e. The fraction of sp³-hybridized carbons (Fsp3) is 0.176. The van der Waals surface area contributed by atoms with Gasteiger partial charge in [-0.05, 0) is 29.1 Å². The molecule has 0 aliphatic carbocycles. The highest BCUT2D eigenvalue weighted by Gasteiger charge is 2.21. The van der Waals surface area contributed by atoms with Crippen LogP contribution in [0.25, 0.3) is 10.9 Å². The molecular weight excluding hydrogens is 324 g/mol. The van der Waals surface area contributed by atoms with Crippen LogP contribution < -0.4 is 16.0 Å². The van der Waals surface area contributed by atoms with Crippen molar-refractivity contribution in [3.8, 4) is 0 Å². The van der Waals surface area contributed by atoms with Crippen molar-refractivity contribution in [3.05, 3.63) is 53.5 Å². The van der Waals surface area contributed by atoms with Crippen molar-refractivity contribution < 1.29 is 9.59 Å². The quantitative estimate of drug-likeness (QED) is 0.575. The van der Waals surface area contributed by atoms with Crippen LogP contribution in [0.2, 0.25) is 0 Å². The molecule has 3 aromatic rings. The molecular formula is C17H18N4O2S. The molecule has 0 saturated heterocycles. The Labute approximate surface area is 143 Å². The van der Waals surface area contributed by atoms with Crippen LogP contribution in [0, 0.1) is 0 Å². The Bertz CT molecular complexity index is 841. The summed E-state index contributed by atoms with van der Waals surface area (Å²) in [6.45, 7) is 0. The fourth-order valence-corrected chi connectivity index (χ4v) is 3.17. The largest absolute Gasteiger partial charge is 0.361 e. The van der Waals surface area contributed by atoms with Crippen LogP contribution in [0.3, 0.4) is 0 Å². The molecule has 2 aromatic heterocycles. The van der Waals surface area contributed by atoms with E-state index in [0.29, 0.717) is 6.42 Å². The lowest BCUT2D eigenvalue weighted by molar-refractivity contribution is -0.122. The zero-order chi connectivity index (χ0) is 16.9. The van der Waals surface area contributed by atoms with Gasteiger partial charge in [-0.3, -0.25) is 10.1 Å². The molecule has 0 radical (unpaired) electrons. The molecule has 0 fully saturated rings. The van der Waals surface area contributed by atoms with Crippen LogP contribution >= 0.6 is 11.3 Å². The van der Waals surface area contributed by atoms with E-state index in [-0.39, 0.29) is 5.91 Å². The number of benzene rings is 1. The topological polar surface area (TPSA) is 86.0 Å². The van der Waals surface area contributed by atoms with Gasteiger partial charge in [0.25, 0.3) is 0 Å². The summed E-state index contributed by atoms with van der Waals surface area (Å²) in [4.78, 5) is 27.5. The Morgan fingerprint density at radius 1 is 1.21 bits per heavy atom. The summed E-state index contributed by atoms with van der Waals surface area (Å²) in [5.74, 6) is -0.235. The lowest BCUT2D eigenvalue weighted by Crippen LogP contribution is -2.48. The second kappa shape index (κ2) is 7.18. The molecule has 24 heavy (non-hydrogen) atoms. The Hall–Kier alpha value is -2.80. The Kier molecular flexibility index (Phi) is 4.81. The number of amides is 3. The van der Waals surface area contributed by atoms with Crippen molar-refractivity contribution in [2.45, 2.75) is 12.5 Å². The number of urea groups is 1. The highest BCUT2D eigenvalue weighted by Crippen LogP contribution is 2.19. The van der Waals surface area contributed by atoms with Gasteiger partial charge in [0.2, 0.25) is 5.91 Å². The molecule has 0 saturated carbocycles. The van der Waals surface area contributed by atoms with Crippen LogP contribution in [-0.4, -0.2) is 30.0 Å². The third-order valence-electron chi connectivity index (χ3n) is 3.73. The minimum atomic E-state index is -0.658. The number of hydrogen-bond donors (Lipinski definition) is 4.